The topological polar surface area (TPSA) is 119 Å². The predicted octanol–water partition coefficient (Wildman–Crippen LogP) is 2.49. The van der Waals surface area contributed by atoms with Crippen LogP contribution in [0.2, 0.25) is 12.0 Å². The number of rotatable bonds is 4. The van der Waals surface area contributed by atoms with Gasteiger partial charge in [0.2, 0.25) is 0 Å². The summed E-state index contributed by atoms with van der Waals surface area (Å²) in [6.07, 6.45) is 8.98. The van der Waals surface area contributed by atoms with Crippen molar-refractivity contribution >= 4 is 46.5 Å². The normalized spacial score (nSPS) is 14.7. The van der Waals surface area contributed by atoms with E-state index in [0.29, 0.717) is 11.1 Å². The molecule has 0 radical (unpaired) electrons. The van der Waals surface area contributed by atoms with Crippen molar-refractivity contribution in [1.82, 2.24) is 35.1 Å². The molecule has 0 spiro atoms. The third-order valence-electron chi connectivity index (χ3n) is 5.25. The fourth-order valence-electron chi connectivity index (χ4n) is 3.64. The average molecular weight is 427 g/mol. The van der Waals surface area contributed by atoms with Crippen LogP contribution >= 0.6 is 11.6 Å². The molecule has 4 aromatic rings. The summed E-state index contributed by atoms with van der Waals surface area (Å²) in [4.78, 5) is 24.8. The molecule has 0 saturated carbocycles. The van der Waals surface area contributed by atoms with Crippen molar-refractivity contribution in [2.24, 2.45) is 5.92 Å². The van der Waals surface area contributed by atoms with Gasteiger partial charge in [0.1, 0.15) is 34.9 Å². The number of nitrogens with one attached hydrogen (secondary N) is 3. The van der Waals surface area contributed by atoms with Crippen LogP contribution in [0.3, 0.4) is 0 Å². The first kappa shape index (κ1) is 20.6. The van der Waals surface area contributed by atoms with Crippen molar-refractivity contribution in [3.63, 3.8) is 0 Å². The predicted molar refractivity (Wildman–Crippen MR) is 120 cm³/mol. The Morgan fingerprint density at radius 2 is 1.70 bits per heavy atom. The van der Waals surface area contributed by atoms with Gasteiger partial charge in [-0.25, -0.2) is 19.9 Å². The van der Waals surface area contributed by atoms with Gasteiger partial charge in [-0.3, -0.25) is 0 Å². The molecule has 1 fully saturated rings. The van der Waals surface area contributed by atoms with Crippen molar-refractivity contribution in [2.45, 2.75) is 19.7 Å². The van der Waals surface area contributed by atoms with Crippen molar-refractivity contribution in [3.8, 4) is 0 Å². The minimum Gasteiger partial charge on any atom is -0.437 e. The molecular weight excluding hydrogens is 403 g/mol. The van der Waals surface area contributed by atoms with Crippen molar-refractivity contribution in [1.29, 1.82) is 0 Å². The Morgan fingerprint density at radius 3 is 2.37 bits per heavy atom. The van der Waals surface area contributed by atoms with Crippen LogP contribution in [0, 0.1) is 5.92 Å². The van der Waals surface area contributed by atoms with E-state index in [1.54, 1.807) is 19.3 Å². The van der Waals surface area contributed by atoms with E-state index >= 15 is 0 Å². The van der Waals surface area contributed by atoms with E-state index in [9.17, 15) is 5.02 Å². The quantitative estimate of drug-likeness (QED) is 0.292. The van der Waals surface area contributed by atoms with Gasteiger partial charge in [-0.05, 0) is 44.3 Å². The van der Waals surface area contributed by atoms with Gasteiger partial charge < -0.3 is 25.1 Å². The summed E-state index contributed by atoms with van der Waals surface area (Å²) in [7, 11) is -0.422. The van der Waals surface area contributed by atoms with Gasteiger partial charge in [-0.15, -0.1) is 0 Å². The van der Waals surface area contributed by atoms with Crippen molar-refractivity contribution in [2.75, 3.05) is 24.5 Å². The van der Waals surface area contributed by atoms with Crippen LogP contribution in [0.4, 0.5) is 5.82 Å². The minimum absolute atomic E-state index is 0.422. The van der Waals surface area contributed by atoms with Crippen molar-refractivity contribution in [3.05, 3.63) is 42.3 Å². The zero-order valence-electron chi connectivity index (χ0n) is 16.7. The molecule has 0 atom stereocenters. The number of fused-ring (bicyclic) bond motifs is 2. The van der Waals surface area contributed by atoms with Gasteiger partial charge in [0, 0.05) is 25.5 Å². The van der Waals surface area contributed by atoms with E-state index in [0.717, 1.165) is 60.4 Å². The first-order valence-corrected chi connectivity index (χ1v) is 10.4. The summed E-state index contributed by atoms with van der Waals surface area (Å²) in [6, 6.07) is 3.88. The largest absolute Gasteiger partial charge is 0.437 e. The van der Waals surface area contributed by atoms with E-state index < -0.39 is 7.05 Å². The number of H-pyrrole nitrogens is 2. The van der Waals surface area contributed by atoms with Crippen LogP contribution in [0.15, 0.2) is 37.2 Å². The standard InChI is InChI=1S/C13H20BN5O.C6H4ClN3/c1-14(20)18-8-10-3-6-19(7-4-10)13-11-2-5-15-12(11)16-9-17-13;7-5-4-1-2-8-6(4)10-3-9-5/h2,5,9-10,18,20H,3-4,6-8H2,1H3,(H,15,16,17);1-3H,(H,8,9,10). The maximum absolute atomic E-state index is 9.27. The van der Waals surface area contributed by atoms with Gasteiger partial charge in [0.25, 0.3) is 0 Å². The molecule has 0 aromatic carbocycles. The fourth-order valence-corrected chi connectivity index (χ4v) is 3.83. The lowest BCUT2D eigenvalue weighted by Crippen LogP contribution is -2.41. The second-order valence-electron chi connectivity index (χ2n) is 7.36. The third-order valence-corrected chi connectivity index (χ3v) is 5.56. The van der Waals surface area contributed by atoms with Gasteiger partial charge in [0.15, 0.2) is 0 Å². The molecule has 5 rings (SSSR count). The van der Waals surface area contributed by atoms with Gasteiger partial charge in [-0.2, -0.15) is 0 Å². The highest BCUT2D eigenvalue weighted by Crippen LogP contribution is 2.26. The molecule has 156 valence electrons. The second kappa shape index (κ2) is 9.42. The van der Waals surface area contributed by atoms with Crippen LogP contribution in [-0.2, 0) is 0 Å². The Kier molecular flexibility index (Phi) is 6.46. The number of hydrogen-bond acceptors (Lipinski definition) is 7. The number of aromatic nitrogens is 6. The number of aromatic amines is 2. The number of anilines is 1. The van der Waals surface area contributed by atoms with Crippen LogP contribution < -0.4 is 10.1 Å². The number of halogens is 1. The monoisotopic (exact) mass is 426 g/mol. The summed E-state index contributed by atoms with van der Waals surface area (Å²) < 4.78 is 0. The Morgan fingerprint density at radius 1 is 1.07 bits per heavy atom. The zero-order chi connectivity index (χ0) is 20.9. The zero-order valence-corrected chi connectivity index (χ0v) is 17.5. The third kappa shape index (κ3) is 4.72. The molecule has 0 amide bonds. The smallest absolute Gasteiger partial charge is 0.373 e. The summed E-state index contributed by atoms with van der Waals surface area (Å²) in [5.74, 6) is 1.66. The first-order valence-electron chi connectivity index (χ1n) is 10.00. The highest BCUT2D eigenvalue weighted by Gasteiger charge is 2.22. The molecule has 1 aliphatic heterocycles. The average Bonchev–Trinajstić information content (AvgIpc) is 3.43. The lowest BCUT2D eigenvalue weighted by atomic mass is 9.86. The summed E-state index contributed by atoms with van der Waals surface area (Å²) in [5, 5.41) is 14.8. The molecular formula is C19H24BClN8O. The van der Waals surface area contributed by atoms with Crippen LogP contribution in [0.5, 0.6) is 0 Å². The van der Waals surface area contributed by atoms with E-state index in [-0.39, 0.29) is 0 Å². The molecule has 9 nitrogen and oxygen atoms in total. The van der Waals surface area contributed by atoms with Crippen LogP contribution in [0.25, 0.3) is 22.1 Å². The molecule has 1 aliphatic rings. The van der Waals surface area contributed by atoms with Crippen molar-refractivity contribution < 1.29 is 5.02 Å². The van der Waals surface area contributed by atoms with E-state index in [4.69, 9.17) is 11.6 Å². The van der Waals surface area contributed by atoms with E-state index in [2.05, 4.69) is 40.0 Å². The van der Waals surface area contributed by atoms with Gasteiger partial charge in [0.05, 0.1) is 10.8 Å². The molecule has 0 unspecified atom stereocenters. The number of hydrogen-bond donors (Lipinski definition) is 4. The van der Waals surface area contributed by atoms with E-state index in [1.165, 1.54) is 6.33 Å². The molecule has 5 heterocycles. The van der Waals surface area contributed by atoms with Gasteiger partial charge in [-0.1, -0.05) is 11.6 Å². The van der Waals surface area contributed by atoms with E-state index in [1.807, 2.05) is 18.3 Å². The molecule has 1 saturated heterocycles. The van der Waals surface area contributed by atoms with Crippen LogP contribution in [-0.4, -0.2) is 61.6 Å². The molecule has 4 N–H and O–H groups in total. The Balaban J connectivity index is 0.000000181. The Labute approximate surface area is 179 Å². The Bertz CT molecular complexity index is 1090. The second-order valence-corrected chi connectivity index (χ2v) is 7.71. The SMILES string of the molecule is CB(O)NCC1CCN(c2ncnc3[nH]ccc23)CC1.Clc1ncnc2[nH]ccc12. The lowest BCUT2D eigenvalue weighted by molar-refractivity contribution is 0.395. The summed E-state index contributed by atoms with van der Waals surface area (Å²) in [6.45, 7) is 4.65. The minimum atomic E-state index is -0.422. The molecule has 0 bridgehead atoms. The lowest BCUT2D eigenvalue weighted by Gasteiger charge is -2.33. The summed E-state index contributed by atoms with van der Waals surface area (Å²) >= 11 is 5.73. The maximum Gasteiger partial charge on any atom is 0.373 e. The van der Waals surface area contributed by atoms with Crippen LogP contribution in [0.1, 0.15) is 12.8 Å². The first-order chi connectivity index (χ1) is 14.6. The molecule has 11 heteroatoms. The number of piperidine rings is 1. The summed E-state index contributed by atoms with van der Waals surface area (Å²) in [5.41, 5.74) is 1.67. The Hall–Kier alpha value is -2.69. The fraction of sp³-hybridized carbons (Fsp3) is 0.368. The highest BCUT2D eigenvalue weighted by atomic mass is 35.5. The number of nitrogens with zero attached hydrogens (tertiary/aromatic N) is 5. The maximum atomic E-state index is 9.27. The molecule has 4 aromatic heterocycles. The highest BCUT2D eigenvalue weighted by molar-refractivity contribution is 6.45. The molecule has 30 heavy (non-hydrogen) atoms. The molecule has 0 aliphatic carbocycles. The van der Waals surface area contributed by atoms with Gasteiger partial charge >= 0.3 is 7.05 Å².